The van der Waals surface area contributed by atoms with E-state index in [0.29, 0.717) is 5.95 Å². The molecule has 3 aromatic rings. The zero-order valence-electron chi connectivity index (χ0n) is 15.5. The van der Waals surface area contributed by atoms with Crippen LogP contribution in [0.1, 0.15) is 12.5 Å². The third kappa shape index (κ3) is 4.23. The number of piperazine rings is 1. The summed E-state index contributed by atoms with van der Waals surface area (Å²) < 4.78 is 0. The molecule has 0 aliphatic carbocycles. The predicted octanol–water partition coefficient (Wildman–Crippen LogP) is 3.25. The van der Waals surface area contributed by atoms with Gasteiger partial charge >= 0.3 is 0 Å². The lowest BCUT2D eigenvalue weighted by Gasteiger charge is -2.28. The number of rotatable bonds is 5. The van der Waals surface area contributed by atoms with Crippen molar-refractivity contribution in [2.45, 2.75) is 13.3 Å². The summed E-state index contributed by atoms with van der Waals surface area (Å²) >= 11 is 0. The minimum absolute atomic E-state index is 0.586. The first kappa shape index (κ1) is 17.4. The van der Waals surface area contributed by atoms with Gasteiger partial charge in [0, 0.05) is 49.8 Å². The lowest BCUT2D eigenvalue weighted by Crippen LogP contribution is -2.43. The second kappa shape index (κ2) is 8.14. The Morgan fingerprint density at radius 3 is 2.52 bits per heavy atom. The van der Waals surface area contributed by atoms with Crippen LogP contribution in [0.25, 0.3) is 11.3 Å². The van der Waals surface area contributed by atoms with Crippen molar-refractivity contribution in [2.24, 2.45) is 0 Å². The van der Waals surface area contributed by atoms with Gasteiger partial charge in [0.05, 0.1) is 5.69 Å². The van der Waals surface area contributed by atoms with E-state index in [4.69, 9.17) is 0 Å². The number of aryl methyl sites for hydroxylation is 1. The van der Waals surface area contributed by atoms with Gasteiger partial charge in [-0.3, -0.25) is 0 Å². The van der Waals surface area contributed by atoms with Crippen LogP contribution in [0, 0.1) is 0 Å². The molecule has 1 aliphatic heterocycles. The highest BCUT2D eigenvalue weighted by molar-refractivity contribution is 5.62. The molecular weight excluding hydrogens is 336 g/mol. The van der Waals surface area contributed by atoms with Crippen LogP contribution < -0.4 is 15.5 Å². The summed E-state index contributed by atoms with van der Waals surface area (Å²) in [6.07, 6.45) is 4.69. The van der Waals surface area contributed by atoms with Gasteiger partial charge in [-0.2, -0.15) is 0 Å². The molecule has 6 heteroatoms. The van der Waals surface area contributed by atoms with Crippen molar-refractivity contribution >= 4 is 17.5 Å². The minimum Gasteiger partial charge on any atom is -0.354 e. The minimum atomic E-state index is 0.586. The number of pyridine rings is 1. The molecule has 0 saturated carbocycles. The molecule has 1 fully saturated rings. The van der Waals surface area contributed by atoms with E-state index in [0.717, 1.165) is 55.4 Å². The average Bonchev–Trinajstić information content (AvgIpc) is 2.75. The summed E-state index contributed by atoms with van der Waals surface area (Å²) in [6, 6.07) is 14.4. The van der Waals surface area contributed by atoms with Crippen LogP contribution >= 0.6 is 0 Å². The van der Waals surface area contributed by atoms with Crippen molar-refractivity contribution in [3.8, 4) is 11.3 Å². The number of nitrogens with zero attached hydrogens (tertiary/aromatic N) is 4. The molecular formula is C21H24N6. The fraction of sp³-hybridized carbons (Fsp3) is 0.286. The van der Waals surface area contributed by atoms with E-state index >= 15 is 0 Å². The van der Waals surface area contributed by atoms with E-state index < -0.39 is 0 Å². The summed E-state index contributed by atoms with van der Waals surface area (Å²) in [5, 5.41) is 6.63. The van der Waals surface area contributed by atoms with Crippen LogP contribution in [0.2, 0.25) is 0 Å². The number of hydrogen-bond donors (Lipinski definition) is 2. The Hall–Kier alpha value is -2.99. The lowest BCUT2D eigenvalue weighted by atomic mass is 10.1. The Morgan fingerprint density at radius 2 is 1.81 bits per heavy atom. The van der Waals surface area contributed by atoms with E-state index in [1.54, 1.807) is 6.20 Å². The second-order valence-corrected chi connectivity index (χ2v) is 6.58. The highest BCUT2D eigenvalue weighted by atomic mass is 15.2. The monoisotopic (exact) mass is 360 g/mol. The molecule has 0 atom stereocenters. The Balaban J connectivity index is 1.49. The highest BCUT2D eigenvalue weighted by Crippen LogP contribution is 2.21. The first-order valence-corrected chi connectivity index (χ1v) is 9.43. The molecule has 0 unspecified atom stereocenters. The van der Waals surface area contributed by atoms with E-state index in [2.05, 4.69) is 73.8 Å². The lowest BCUT2D eigenvalue weighted by molar-refractivity contribution is 0.585. The summed E-state index contributed by atoms with van der Waals surface area (Å²) in [5.74, 6) is 1.60. The smallest absolute Gasteiger partial charge is 0.227 e. The van der Waals surface area contributed by atoms with Gasteiger partial charge in [0.15, 0.2) is 0 Å². The van der Waals surface area contributed by atoms with Crippen molar-refractivity contribution in [3.05, 3.63) is 60.4 Å². The zero-order valence-corrected chi connectivity index (χ0v) is 15.5. The quantitative estimate of drug-likeness (QED) is 0.728. The maximum absolute atomic E-state index is 4.64. The molecule has 0 spiro atoms. The first-order chi connectivity index (χ1) is 13.3. The number of benzene rings is 1. The Bertz CT molecular complexity index is 870. The van der Waals surface area contributed by atoms with Gasteiger partial charge in [-0.25, -0.2) is 15.0 Å². The fourth-order valence-corrected chi connectivity index (χ4v) is 3.15. The standard InChI is InChI=1S/C21H24N6/c1-2-16-3-6-18(7-4-16)25-21-23-10-9-19(26-21)17-5-8-20(24-15-17)27-13-11-22-12-14-27/h3-10,15,22H,2,11-14H2,1H3,(H,23,25,26). The molecule has 6 nitrogen and oxygen atoms in total. The predicted molar refractivity (Wildman–Crippen MR) is 109 cm³/mol. The van der Waals surface area contributed by atoms with Crippen LogP contribution in [0.15, 0.2) is 54.9 Å². The summed E-state index contributed by atoms with van der Waals surface area (Å²) in [5.41, 5.74) is 4.14. The zero-order chi connectivity index (χ0) is 18.5. The average molecular weight is 360 g/mol. The van der Waals surface area contributed by atoms with Gasteiger partial charge in [-0.05, 0) is 42.3 Å². The van der Waals surface area contributed by atoms with E-state index in [1.807, 2.05) is 12.3 Å². The van der Waals surface area contributed by atoms with Crippen LogP contribution in [-0.2, 0) is 6.42 Å². The maximum Gasteiger partial charge on any atom is 0.227 e. The molecule has 1 saturated heterocycles. The number of nitrogens with one attached hydrogen (secondary N) is 2. The van der Waals surface area contributed by atoms with Crippen molar-refractivity contribution in [2.75, 3.05) is 36.4 Å². The van der Waals surface area contributed by atoms with Gasteiger partial charge in [0.1, 0.15) is 5.82 Å². The molecule has 0 radical (unpaired) electrons. The second-order valence-electron chi connectivity index (χ2n) is 6.58. The van der Waals surface area contributed by atoms with E-state index in [-0.39, 0.29) is 0 Å². The fourth-order valence-electron chi connectivity index (χ4n) is 3.15. The summed E-state index contributed by atoms with van der Waals surface area (Å²) in [7, 11) is 0. The highest BCUT2D eigenvalue weighted by Gasteiger charge is 2.12. The Kier molecular flexibility index (Phi) is 5.25. The molecule has 0 amide bonds. The molecule has 1 aromatic carbocycles. The van der Waals surface area contributed by atoms with E-state index in [1.165, 1.54) is 5.56 Å². The normalized spacial score (nSPS) is 14.2. The Morgan fingerprint density at radius 1 is 1.00 bits per heavy atom. The van der Waals surface area contributed by atoms with Crippen LogP contribution in [0.5, 0.6) is 0 Å². The largest absolute Gasteiger partial charge is 0.354 e. The number of hydrogen-bond acceptors (Lipinski definition) is 6. The van der Waals surface area contributed by atoms with Gasteiger partial charge in [0.2, 0.25) is 5.95 Å². The maximum atomic E-state index is 4.64. The number of anilines is 3. The Labute approximate surface area is 159 Å². The molecule has 2 N–H and O–H groups in total. The molecule has 138 valence electrons. The number of aromatic nitrogens is 3. The van der Waals surface area contributed by atoms with Crippen LogP contribution in [0.4, 0.5) is 17.5 Å². The first-order valence-electron chi connectivity index (χ1n) is 9.43. The van der Waals surface area contributed by atoms with Gasteiger partial charge in [-0.15, -0.1) is 0 Å². The summed E-state index contributed by atoms with van der Waals surface area (Å²) in [6.45, 7) is 6.14. The topological polar surface area (TPSA) is 66.0 Å². The molecule has 27 heavy (non-hydrogen) atoms. The van der Waals surface area contributed by atoms with Crippen molar-refractivity contribution in [3.63, 3.8) is 0 Å². The summed E-state index contributed by atoms with van der Waals surface area (Å²) in [4.78, 5) is 15.9. The third-order valence-corrected chi connectivity index (χ3v) is 4.76. The van der Waals surface area contributed by atoms with Gasteiger partial charge in [0.25, 0.3) is 0 Å². The van der Waals surface area contributed by atoms with Crippen molar-refractivity contribution in [1.29, 1.82) is 0 Å². The van der Waals surface area contributed by atoms with E-state index in [9.17, 15) is 0 Å². The van der Waals surface area contributed by atoms with Gasteiger partial charge in [-0.1, -0.05) is 19.1 Å². The third-order valence-electron chi connectivity index (χ3n) is 4.76. The van der Waals surface area contributed by atoms with Crippen LogP contribution in [0.3, 0.4) is 0 Å². The molecule has 1 aliphatic rings. The van der Waals surface area contributed by atoms with Gasteiger partial charge < -0.3 is 15.5 Å². The molecule has 0 bridgehead atoms. The van der Waals surface area contributed by atoms with Crippen LogP contribution in [-0.4, -0.2) is 41.1 Å². The molecule has 4 rings (SSSR count). The van der Waals surface area contributed by atoms with Crippen molar-refractivity contribution in [1.82, 2.24) is 20.3 Å². The SMILES string of the molecule is CCc1ccc(Nc2nccc(-c3ccc(N4CCNCC4)nc3)n2)cc1. The van der Waals surface area contributed by atoms with Crippen molar-refractivity contribution < 1.29 is 0 Å². The molecule has 3 heterocycles. The molecule has 2 aromatic heterocycles.